The number of aliphatic carboxylic acids is 4. The Labute approximate surface area is 395 Å². The van der Waals surface area contributed by atoms with Gasteiger partial charge in [0.2, 0.25) is 53.2 Å². The molecule has 27 heteroatoms. The molecule has 69 heavy (non-hydrogen) atoms. The Bertz CT molecular complexity index is 2020. The van der Waals surface area contributed by atoms with Crippen molar-refractivity contribution in [3.8, 4) is 0 Å². The summed E-state index contributed by atoms with van der Waals surface area (Å²) in [7, 11) is 0. The molecule has 0 aliphatic carbocycles. The number of rotatable bonds is 32. The maximum Gasteiger partial charge on any atom is 0.326 e. The number of nitrogens with two attached hydrogens (primary N) is 1. The van der Waals surface area contributed by atoms with Gasteiger partial charge in [0, 0.05) is 19.3 Å². The van der Waals surface area contributed by atoms with Crippen molar-refractivity contribution in [2.45, 2.75) is 109 Å². The molecule has 0 radical (unpaired) electrons. The Morgan fingerprint density at radius 3 is 1.42 bits per heavy atom. The van der Waals surface area contributed by atoms with Gasteiger partial charge in [-0.05, 0) is 36.7 Å². The SMILES string of the molecule is CC(C)C[C@H](NC(=O)[C@H](CCC(=O)O)NC(=O)CNC(=O)[C@@H](NC(=O)CNC(=O)CNC(=O)CNC(=O)[C@@H](N)CC(=O)O)C(C)C)C(=O)N[C@@H](CCC(=O)O)C(=O)N[C@@H](Cc1ccccc1)C(=O)O. The highest BCUT2D eigenvalue weighted by molar-refractivity contribution is 5.97. The van der Waals surface area contributed by atoms with Gasteiger partial charge in [-0.1, -0.05) is 58.0 Å². The number of carboxylic acids is 4. The third kappa shape index (κ3) is 25.1. The van der Waals surface area contributed by atoms with Crippen LogP contribution in [-0.2, 0) is 68.7 Å². The van der Waals surface area contributed by atoms with Crippen LogP contribution in [0.15, 0.2) is 30.3 Å². The molecule has 27 nitrogen and oxygen atoms in total. The van der Waals surface area contributed by atoms with Gasteiger partial charge in [0.05, 0.1) is 38.6 Å². The van der Waals surface area contributed by atoms with E-state index in [-0.39, 0.29) is 18.8 Å². The predicted octanol–water partition coefficient (Wildman–Crippen LogP) is -4.56. The lowest BCUT2D eigenvalue weighted by Gasteiger charge is -2.27. The summed E-state index contributed by atoms with van der Waals surface area (Å²) in [6.45, 7) is 3.72. The Kier molecular flexibility index (Phi) is 26.3. The number of benzene rings is 1. The molecule has 9 amide bonds. The molecule has 1 aromatic rings. The van der Waals surface area contributed by atoms with E-state index < -0.39 is 177 Å². The Morgan fingerprint density at radius 2 is 0.928 bits per heavy atom. The molecule has 0 fully saturated rings. The zero-order chi connectivity index (χ0) is 52.4. The van der Waals surface area contributed by atoms with Crippen LogP contribution in [0.1, 0.15) is 71.8 Å². The number of amides is 9. The van der Waals surface area contributed by atoms with Crippen molar-refractivity contribution in [3.05, 3.63) is 35.9 Å². The van der Waals surface area contributed by atoms with Crippen molar-refractivity contribution in [1.29, 1.82) is 0 Å². The minimum Gasteiger partial charge on any atom is -0.481 e. The molecular formula is C42H62N10O17. The summed E-state index contributed by atoms with van der Waals surface area (Å²) < 4.78 is 0. The zero-order valence-electron chi connectivity index (χ0n) is 38.5. The van der Waals surface area contributed by atoms with E-state index in [4.69, 9.17) is 10.8 Å². The Hall–Kier alpha value is -7.71. The van der Waals surface area contributed by atoms with Crippen molar-refractivity contribution < 1.29 is 82.8 Å². The molecule has 0 unspecified atom stereocenters. The lowest BCUT2D eigenvalue weighted by molar-refractivity contribution is -0.143. The van der Waals surface area contributed by atoms with E-state index >= 15 is 0 Å². The van der Waals surface area contributed by atoms with E-state index in [2.05, 4.69) is 47.9 Å². The van der Waals surface area contributed by atoms with Crippen LogP contribution in [0.2, 0.25) is 0 Å². The predicted molar refractivity (Wildman–Crippen MR) is 238 cm³/mol. The van der Waals surface area contributed by atoms with Crippen LogP contribution >= 0.6 is 0 Å². The number of carbonyl (C=O) groups excluding carboxylic acids is 9. The van der Waals surface area contributed by atoms with Gasteiger partial charge in [-0.3, -0.25) is 57.5 Å². The highest BCUT2D eigenvalue weighted by Crippen LogP contribution is 2.10. The van der Waals surface area contributed by atoms with Crippen molar-refractivity contribution >= 4 is 77.0 Å². The number of hydrogen-bond donors (Lipinski definition) is 14. The van der Waals surface area contributed by atoms with E-state index in [0.29, 0.717) is 5.56 Å². The second-order valence-electron chi connectivity index (χ2n) is 16.3. The lowest BCUT2D eigenvalue weighted by atomic mass is 10.0. The summed E-state index contributed by atoms with van der Waals surface area (Å²) in [6.07, 6.45) is -3.15. The second-order valence-corrected chi connectivity index (χ2v) is 16.3. The first-order valence-electron chi connectivity index (χ1n) is 21.6. The molecule has 6 atom stereocenters. The number of nitrogens with one attached hydrogen (secondary N) is 9. The highest BCUT2D eigenvalue weighted by atomic mass is 16.4. The van der Waals surface area contributed by atoms with Gasteiger partial charge in [-0.25, -0.2) is 4.79 Å². The summed E-state index contributed by atoms with van der Waals surface area (Å²) in [5.41, 5.74) is 5.95. The quantitative estimate of drug-likeness (QED) is 0.0323. The Morgan fingerprint density at radius 1 is 0.493 bits per heavy atom. The Balaban J connectivity index is 2.96. The van der Waals surface area contributed by atoms with Crippen molar-refractivity contribution in [2.24, 2.45) is 17.6 Å². The first-order chi connectivity index (χ1) is 32.3. The fourth-order valence-electron chi connectivity index (χ4n) is 5.99. The zero-order valence-corrected chi connectivity index (χ0v) is 38.5. The highest BCUT2D eigenvalue weighted by Gasteiger charge is 2.33. The van der Waals surface area contributed by atoms with Gasteiger partial charge in [-0.2, -0.15) is 0 Å². The largest absolute Gasteiger partial charge is 0.481 e. The molecule has 0 bridgehead atoms. The topological polar surface area (TPSA) is 437 Å². The van der Waals surface area contributed by atoms with E-state index in [1.165, 1.54) is 0 Å². The van der Waals surface area contributed by atoms with Crippen LogP contribution in [0.3, 0.4) is 0 Å². The molecule has 0 saturated carbocycles. The maximum atomic E-state index is 13.7. The summed E-state index contributed by atoms with van der Waals surface area (Å²) in [6, 6.07) is -0.521. The van der Waals surface area contributed by atoms with Crippen molar-refractivity contribution in [3.63, 3.8) is 0 Å². The van der Waals surface area contributed by atoms with Crippen LogP contribution in [0.5, 0.6) is 0 Å². The van der Waals surface area contributed by atoms with Gasteiger partial charge in [0.1, 0.15) is 30.2 Å². The number of carbonyl (C=O) groups is 13. The summed E-state index contributed by atoms with van der Waals surface area (Å²) in [5, 5.41) is 57.7. The van der Waals surface area contributed by atoms with Crippen LogP contribution in [0, 0.1) is 11.8 Å². The van der Waals surface area contributed by atoms with E-state index in [1.807, 2.05) is 0 Å². The van der Waals surface area contributed by atoms with E-state index in [0.717, 1.165) is 0 Å². The first kappa shape index (κ1) is 59.3. The molecule has 15 N–H and O–H groups in total. The average Bonchev–Trinajstić information content (AvgIpc) is 3.26. The fourth-order valence-corrected chi connectivity index (χ4v) is 5.99. The second kappa shape index (κ2) is 30.6. The molecule has 0 spiro atoms. The molecule has 1 rings (SSSR count). The third-order valence-corrected chi connectivity index (χ3v) is 9.55. The number of hydrogen-bond acceptors (Lipinski definition) is 14. The van der Waals surface area contributed by atoms with Gasteiger partial charge in [-0.15, -0.1) is 0 Å². The first-order valence-corrected chi connectivity index (χ1v) is 21.6. The molecule has 382 valence electrons. The maximum absolute atomic E-state index is 13.7. The molecule has 0 aliphatic rings. The van der Waals surface area contributed by atoms with Crippen LogP contribution < -0.4 is 53.6 Å². The molecule has 1 aromatic carbocycles. The third-order valence-electron chi connectivity index (χ3n) is 9.55. The van der Waals surface area contributed by atoms with Crippen LogP contribution in [0.25, 0.3) is 0 Å². The summed E-state index contributed by atoms with van der Waals surface area (Å²) in [5.74, 6) is -14.7. The fraction of sp³-hybridized carbons (Fsp3) is 0.548. The average molecular weight is 979 g/mol. The summed E-state index contributed by atoms with van der Waals surface area (Å²) in [4.78, 5) is 161. The van der Waals surface area contributed by atoms with E-state index in [1.54, 1.807) is 58.0 Å². The molecule has 0 saturated heterocycles. The molecular weight excluding hydrogens is 917 g/mol. The van der Waals surface area contributed by atoms with Crippen molar-refractivity contribution in [2.75, 3.05) is 26.2 Å². The smallest absolute Gasteiger partial charge is 0.326 e. The van der Waals surface area contributed by atoms with Crippen LogP contribution in [0.4, 0.5) is 0 Å². The van der Waals surface area contributed by atoms with E-state index in [9.17, 15) is 77.6 Å². The standard InChI is InChI=1S/C42H62N10O17/c1-21(2)14-27(40(66)49-26(11-13-34(59)60)39(65)51-28(42(68)69)15-23-8-6-5-7-9-23)50-38(64)25(10-12-33(57)58)48-31(55)20-47-41(67)36(22(3)4)52-32(56)19-45-29(53)17-44-30(54)18-46-37(63)24(43)16-35(61)62/h5-9,21-22,24-28,36H,10-20,43H2,1-4H3,(H,44,54)(H,45,53)(H,46,63)(H,47,67)(H,48,55)(H,49,66)(H,50,64)(H,51,65)(H,52,56)(H,57,58)(H,59,60)(H,61,62)(H,68,69)/t24-,25-,26-,27-,28-,36-/m0/s1. The van der Waals surface area contributed by atoms with Gasteiger partial charge in [0.15, 0.2) is 0 Å². The minimum absolute atomic E-state index is 0.0789. The van der Waals surface area contributed by atoms with Crippen LogP contribution in [-0.4, -0.2) is 160 Å². The van der Waals surface area contributed by atoms with Gasteiger partial charge in [0.25, 0.3) is 0 Å². The monoisotopic (exact) mass is 978 g/mol. The lowest BCUT2D eigenvalue weighted by Crippen LogP contribution is -2.58. The molecule has 0 aromatic heterocycles. The summed E-state index contributed by atoms with van der Waals surface area (Å²) >= 11 is 0. The van der Waals surface area contributed by atoms with Gasteiger partial charge >= 0.3 is 23.9 Å². The minimum atomic E-state index is -1.61. The normalized spacial score (nSPS) is 13.4. The van der Waals surface area contributed by atoms with Gasteiger partial charge < -0.3 is 74.0 Å². The molecule has 0 aliphatic heterocycles. The number of carboxylic acid groups (broad SMARTS) is 4. The van der Waals surface area contributed by atoms with Crippen molar-refractivity contribution in [1.82, 2.24) is 47.9 Å². The molecule has 0 heterocycles.